The topological polar surface area (TPSA) is 38.7 Å². The molecule has 72 valence electrons. The highest BCUT2D eigenvalue weighted by molar-refractivity contribution is 4.74. The molecule has 1 N–H and O–H groups in total. The average molecular weight is 174 g/mol. The highest BCUT2D eigenvalue weighted by Gasteiger charge is 2.30. The number of methoxy groups -OCH3 is 1. The zero-order valence-electron chi connectivity index (χ0n) is 7.99. The highest BCUT2D eigenvalue weighted by Crippen LogP contribution is 2.26. The summed E-state index contributed by atoms with van der Waals surface area (Å²) in [5, 5.41) is 9.30. The molecule has 0 bridgehead atoms. The first kappa shape index (κ1) is 9.96. The van der Waals surface area contributed by atoms with E-state index in [-0.39, 0.29) is 12.4 Å². The Kier molecular flexibility index (Phi) is 3.50. The van der Waals surface area contributed by atoms with Crippen molar-refractivity contribution < 1.29 is 14.6 Å². The molecule has 4 atom stereocenters. The molecule has 1 fully saturated rings. The third kappa shape index (κ3) is 2.19. The van der Waals surface area contributed by atoms with E-state index in [2.05, 4.69) is 6.92 Å². The van der Waals surface area contributed by atoms with E-state index in [1.54, 1.807) is 14.0 Å². The van der Waals surface area contributed by atoms with Crippen molar-refractivity contribution in [2.24, 2.45) is 5.92 Å². The first-order valence-electron chi connectivity index (χ1n) is 4.51. The number of hydrogen-bond acceptors (Lipinski definition) is 3. The minimum absolute atomic E-state index is 0.0499. The van der Waals surface area contributed by atoms with Gasteiger partial charge in [0, 0.05) is 13.0 Å². The Morgan fingerprint density at radius 2 is 2.17 bits per heavy atom. The predicted octanol–water partition coefficient (Wildman–Crippen LogP) is 1.15. The smallest absolute Gasteiger partial charge is 0.160 e. The van der Waals surface area contributed by atoms with Crippen LogP contribution in [0, 0.1) is 5.92 Å². The molecule has 1 rings (SSSR count). The maximum absolute atomic E-state index is 9.30. The molecule has 12 heavy (non-hydrogen) atoms. The third-order valence-corrected chi connectivity index (χ3v) is 2.45. The van der Waals surface area contributed by atoms with Crippen LogP contribution in [0.3, 0.4) is 0 Å². The molecular formula is C9H18O3. The Morgan fingerprint density at radius 3 is 2.67 bits per heavy atom. The molecule has 0 radical (unpaired) electrons. The van der Waals surface area contributed by atoms with Gasteiger partial charge in [-0.3, -0.25) is 0 Å². The molecule has 0 aliphatic carbocycles. The summed E-state index contributed by atoms with van der Waals surface area (Å²) in [6.45, 7) is 3.86. The molecule has 3 heteroatoms. The fourth-order valence-corrected chi connectivity index (χ4v) is 1.58. The van der Waals surface area contributed by atoms with Gasteiger partial charge in [-0.15, -0.1) is 0 Å². The quantitative estimate of drug-likeness (QED) is 0.682. The van der Waals surface area contributed by atoms with Crippen LogP contribution >= 0.6 is 0 Å². The fourth-order valence-electron chi connectivity index (χ4n) is 1.58. The summed E-state index contributed by atoms with van der Waals surface area (Å²) in [7, 11) is 1.64. The Bertz CT molecular complexity index is 136. The number of hydrogen-bond donors (Lipinski definition) is 1. The van der Waals surface area contributed by atoms with Gasteiger partial charge >= 0.3 is 0 Å². The summed E-state index contributed by atoms with van der Waals surface area (Å²) < 4.78 is 10.7. The van der Waals surface area contributed by atoms with Crippen molar-refractivity contribution >= 4 is 0 Å². The van der Waals surface area contributed by atoms with E-state index in [4.69, 9.17) is 9.47 Å². The third-order valence-electron chi connectivity index (χ3n) is 2.45. The Morgan fingerprint density at radius 1 is 1.50 bits per heavy atom. The lowest BCUT2D eigenvalue weighted by Crippen LogP contribution is -2.40. The van der Waals surface area contributed by atoms with E-state index >= 15 is 0 Å². The van der Waals surface area contributed by atoms with Gasteiger partial charge in [0.2, 0.25) is 0 Å². The van der Waals surface area contributed by atoms with Crippen LogP contribution in [0.5, 0.6) is 0 Å². The summed E-state index contributed by atoms with van der Waals surface area (Å²) in [6, 6.07) is 0. The van der Waals surface area contributed by atoms with E-state index in [0.717, 1.165) is 12.8 Å². The fraction of sp³-hybridized carbons (Fsp3) is 1.00. The lowest BCUT2D eigenvalue weighted by atomic mass is 9.96. The Labute approximate surface area is 73.7 Å². The van der Waals surface area contributed by atoms with Gasteiger partial charge in [-0.25, -0.2) is 0 Å². The zero-order chi connectivity index (χ0) is 9.14. The van der Waals surface area contributed by atoms with Crippen molar-refractivity contribution in [1.29, 1.82) is 0 Å². The second-order valence-electron chi connectivity index (χ2n) is 3.57. The van der Waals surface area contributed by atoms with Crippen LogP contribution in [0.25, 0.3) is 0 Å². The first-order valence-corrected chi connectivity index (χ1v) is 4.51. The van der Waals surface area contributed by atoms with Crippen molar-refractivity contribution in [1.82, 2.24) is 0 Å². The van der Waals surface area contributed by atoms with Crippen molar-refractivity contribution in [3.8, 4) is 0 Å². The number of aliphatic hydroxyl groups excluding tert-OH is 1. The van der Waals surface area contributed by atoms with Crippen molar-refractivity contribution in [3.63, 3.8) is 0 Å². The largest absolute Gasteiger partial charge is 0.391 e. The zero-order valence-corrected chi connectivity index (χ0v) is 7.99. The lowest BCUT2D eigenvalue weighted by molar-refractivity contribution is -0.223. The van der Waals surface area contributed by atoms with Gasteiger partial charge in [-0.1, -0.05) is 6.92 Å². The molecule has 1 unspecified atom stereocenters. The van der Waals surface area contributed by atoms with Gasteiger partial charge in [0.05, 0.1) is 12.2 Å². The normalized spacial score (nSPS) is 39.5. The minimum Gasteiger partial charge on any atom is -0.391 e. The van der Waals surface area contributed by atoms with Crippen LogP contribution in [0.2, 0.25) is 0 Å². The summed E-state index contributed by atoms with van der Waals surface area (Å²) in [5.74, 6) is 0.435. The SMILES string of the molecule is CO[C@H]1O[C@H](C(C)O)CC[C@@H]1C. The second kappa shape index (κ2) is 4.21. The summed E-state index contributed by atoms with van der Waals surface area (Å²) in [5.41, 5.74) is 0. The van der Waals surface area contributed by atoms with Crippen LogP contribution < -0.4 is 0 Å². The molecule has 3 nitrogen and oxygen atoms in total. The van der Waals surface area contributed by atoms with Crippen molar-refractivity contribution in [2.45, 2.75) is 45.2 Å². The molecule has 1 heterocycles. The lowest BCUT2D eigenvalue weighted by Gasteiger charge is -2.34. The van der Waals surface area contributed by atoms with E-state index in [1.165, 1.54) is 0 Å². The van der Waals surface area contributed by atoms with Crippen molar-refractivity contribution in [2.75, 3.05) is 7.11 Å². The molecule has 0 aromatic carbocycles. The van der Waals surface area contributed by atoms with Crippen LogP contribution in [-0.2, 0) is 9.47 Å². The molecular weight excluding hydrogens is 156 g/mol. The van der Waals surface area contributed by atoms with E-state index in [0.29, 0.717) is 5.92 Å². The van der Waals surface area contributed by atoms with Crippen LogP contribution in [0.1, 0.15) is 26.7 Å². The second-order valence-corrected chi connectivity index (χ2v) is 3.57. The maximum atomic E-state index is 9.30. The standard InChI is InChI=1S/C9H18O3/c1-6-4-5-8(7(2)10)12-9(6)11-3/h6-10H,4-5H2,1-3H3/t6-,7?,8-,9-/m0/s1. The maximum Gasteiger partial charge on any atom is 0.160 e. The number of ether oxygens (including phenoxy) is 2. The predicted molar refractivity (Wildman–Crippen MR) is 45.7 cm³/mol. The molecule has 1 aliphatic heterocycles. The molecule has 1 saturated heterocycles. The van der Waals surface area contributed by atoms with Gasteiger partial charge in [0.15, 0.2) is 6.29 Å². The molecule has 0 saturated carbocycles. The monoisotopic (exact) mass is 174 g/mol. The average Bonchev–Trinajstić information content (AvgIpc) is 2.05. The molecule has 0 spiro atoms. The summed E-state index contributed by atoms with van der Waals surface area (Å²) >= 11 is 0. The molecule has 1 aliphatic rings. The van der Waals surface area contributed by atoms with Gasteiger partial charge in [-0.05, 0) is 19.8 Å². The Balaban J connectivity index is 2.44. The van der Waals surface area contributed by atoms with Crippen molar-refractivity contribution in [3.05, 3.63) is 0 Å². The number of rotatable bonds is 2. The highest BCUT2D eigenvalue weighted by atomic mass is 16.7. The minimum atomic E-state index is -0.393. The van der Waals surface area contributed by atoms with E-state index in [1.807, 2.05) is 0 Å². The summed E-state index contributed by atoms with van der Waals surface area (Å²) in [6.07, 6.45) is 1.41. The van der Waals surface area contributed by atoms with Gasteiger partial charge in [-0.2, -0.15) is 0 Å². The van der Waals surface area contributed by atoms with Gasteiger partial charge in [0.1, 0.15) is 0 Å². The van der Waals surface area contributed by atoms with Crippen LogP contribution in [0.15, 0.2) is 0 Å². The molecule has 0 amide bonds. The van der Waals surface area contributed by atoms with Crippen LogP contribution in [0.4, 0.5) is 0 Å². The van der Waals surface area contributed by atoms with Crippen LogP contribution in [-0.4, -0.2) is 30.7 Å². The molecule has 0 aromatic rings. The van der Waals surface area contributed by atoms with Gasteiger partial charge in [0.25, 0.3) is 0 Å². The van der Waals surface area contributed by atoms with E-state index in [9.17, 15) is 5.11 Å². The first-order chi connectivity index (χ1) is 5.65. The van der Waals surface area contributed by atoms with Gasteiger partial charge < -0.3 is 14.6 Å². The molecule has 0 aromatic heterocycles. The Hall–Kier alpha value is -0.120. The van der Waals surface area contributed by atoms with E-state index < -0.39 is 6.10 Å². The number of aliphatic hydroxyl groups is 1. The summed E-state index contributed by atoms with van der Waals surface area (Å²) in [4.78, 5) is 0.